The molecule has 0 aromatic heterocycles. The number of hydrogen-bond donors (Lipinski definition) is 2. The first-order valence-electron chi connectivity index (χ1n) is 9.36. The summed E-state index contributed by atoms with van der Waals surface area (Å²) in [4.78, 5) is 13.4. The molecule has 1 amide bonds. The summed E-state index contributed by atoms with van der Waals surface area (Å²) >= 11 is 0. The van der Waals surface area contributed by atoms with Gasteiger partial charge in [0.05, 0.1) is 31.1 Å². The van der Waals surface area contributed by atoms with Crippen molar-refractivity contribution in [1.29, 1.82) is 0 Å². The van der Waals surface area contributed by atoms with Gasteiger partial charge in [-0.1, -0.05) is 19.1 Å². The number of quaternary nitrogens is 1. The van der Waals surface area contributed by atoms with Crippen molar-refractivity contribution in [2.24, 2.45) is 0 Å². The Labute approximate surface area is 165 Å². The molecular formula is C20H25FN3O3S+. The van der Waals surface area contributed by atoms with Crippen molar-refractivity contribution in [2.75, 3.05) is 38.0 Å². The molecule has 150 valence electrons. The number of benzene rings is 2. The van der Waals surface area contributed by atoms with E-state index in [0.29, 0.717) is 32.7 Å². The van der Waals surface area contributed by atoms with Crippen molar-refractivity contribution in [3.63, 3.8) is 0 Å². The van der Waals surface area contributed by atoms with Gasteiger partial charge >= 0.3 is 0 Å². The molecular weight excluding hydrogens is 381 g/mol. The van der Waals surface area contributed by atoms with Gasteiger partial charge in [0.1, 0.15) is 5.82 Å². The lowest BCUT2D eigenvalue weighted by atomic mass is 10.1. The topological polar surface area (TPSA) is 70.9 Å². The van der Waals surface area contributed by atoms with Gasteiger partial charge in [-0.05, 0) is 48.4 Å². The van der Waals surface area contributed by atoms with Crippen molar-refractivity contribution in [1.82, 2.24) is 4.31 Å². The van der Waals surface area contributed by atoms with E-state index in [1.54, 1.807) is 0 Å². The van der Waals surface area contributed by atoms with Gasteiger partial charge in [0.15, 0.2) is 6.54 Å². The predicted octanol–water partition coefficient (Wildman–Crippen LogP) is 0.916. The van der Waals surface area contributed by atoms with E-state index >= 15 is 0 Å². The van der Waals surface area contributed by atoms with Gasteiger partial charge in [0.2, 0.25) is 10.0 Å². The van der Waals surface area contributed by atoms with Gasteiger partial charge in [-0.25, -0.2) is 12.8 Å². The molecule has 1 heterocycles. The average molecular weight is 407 g/mol. The summed E-state index contributed by atoms with van der Waals surface area (Å²) < 4.78 is 39.7. The highest BCUT2D eigenvalue weighted by Crippen LogP contribution is 2.16. The number of hydrogen-bond acceptors (Lipinski definition) is 3. The summed E-state index contributed by atoms with van der Waals surface area (Å²) in [5.41, 5.74) is 1.97. The fourth-order valence-corrected chi connectivity index (χ4v) is 4.67. The van der Waals surface area contributed by atoms with Gasteiger partial charge in [0, 0.05) is 5.69 Å². The highest BCUT2D eigenvalue weighted by atomic mass is 32.2. The van der Waals surface area contributed by atoms with Crippen molar-refractivity contribution in [3.8, 4) is 0 Å². The first kappa shape index (κ1) is 20.4. The maximum absolute atomic E-state index is 13.0. The van der Waals surface area contributed by atoms with Crippen LogP contribution in [0.2, 0.25) is 0 Å². The van der Waals surface area contributed by atoms with E-state index in [1.165, 1.54) is 22.0 Å². The number of aryl methyl sites for hydroxylation is 1. The van der Waals surface area contributed by atoms with Crippen LogP contribution in [0.5, 0.6) is 0 Å². The molecule has 3 rings (SSSR count). The second kappa shape index (κ2) is 8.81. The van der Waals surface area contributed by atoms with E-state index in [-0.39, 0.29) is 10.8 Å². The summed E-state index contributed by atoms with van der Waals surface area (Å²) in [5.74, 6) is -0.558. The van der Waals surface area contributed by atoms with Crippen LogP contribution in [0.25, 0.3) is 0 Å². The van der Waals surface area contributed by atoms with Gasteiger partial charge in [-0.2, -0.15) is 4.31 Å². The van der Waals surface area contributed by atoms with Crippen LogP contribution in [0.15, 0.2) is 53.4 Å². The lowest BCUT2D eigenvalue weighted by Crippen LogP contribution is -3.15. The lowest BCUT2D eigenvalue weighted by Gasteiger charge is -2.31. The zero-order chi connectivity index (χ0) is 20.1. The molecule has 0 unspecified atom stereocenters. The number of carbonyl (C=O) groups excluding carboxylic acids is 1. The maximum Gasteiger partial charge on any atom is 0.279 e. The zero-order valence-corrected chi connectivity index (χ0v) is 16.6. The van der Waals surface area contributed by atoms with Crippen molar-refractivity contribution in [2.45, 2.75) is 18.2 Å². The zero-order valence-electron chi connectivity index (χ0n) is 15.8. The Balaban J connectivity index is 1.51. The first-order chi connectivity index (χ1) is 13.4. The molecule has 1 aliphatic rings. The quantitative estimate of drug-likeness (QED) is 0.749. The maximum atomic E-state index is 13.0. The Kier molecular flexibility index (Phi) is 6.43. The molecule has 8 heteroatoms. The van der Waals surface area contributed by atoms with Crippen LogP contribution in [0.3, 0.4) is 0 Å². The van der Waals surface area contributed by atoms with E-state index in [4.69, 9.17) is 0 Å². The molecule has 0 spiro atoms. The van der Waals surface area contributed by atoms with Gasteiger partial charge in [-0.3, -0.25) is 4.79 Å². The van der Waals surface area contributed by atoms with Crippen LogP contribution in [-0.2, 0) is 21.2 Å². The number of sulfonamides is 1. The molecule has 2 N–H and O–H groups in total. The molecule has 0 aliphatic carbocycles. The highest BCUT2D eigenvalue weighted by molar-refractivity contribution is 7.89. The summed E-state index contributed by atoms with van der Waals surface area (Å²) in [6.07, 6.45) is 0.948. The van der Waals surface area contributed by atoms with Gasteiger partial charge in [0.25, 0.3) is 5.91 Å². The highest BCUT2D eigenvalue weighted by Gasteiger charge is 2.31. The van der Waals surface area contributed by atoms with Crippen molar-refractivity contribution < 1.29 is 22.5 Å². The Hall–Kier alpha value is -2.29. The number of piperazine rings is 1. The van der Waals surface area contributed by atoms with Crippen LogP contribution >= 0.6 is 0 Å². The summed E-state index contributed by atoms with van der Waals surface area (Å²) in [7, 11) is -3.63. The number of rotatable bonds is 6. The van der Waals surface area contributed by atoms with Crippen LogP contribution in [0.4, 0.5) is 10.1 Å². The normalized spacial score (nSPS) is 16.1. The van der Waals surface area contributed by atoms with E-state index in [2.05, 4.69) is 12.2 Å². The Morgan fingerprint density at radius 3 is 2.25 bits per heavy atom. The molecule has 2 aromatic carbocycles. The average Bonchev–Trinajstić information content (AvgIpc) is 2.69. The molecule has 6 nitrogen and oxygen atoms in total. The number of carbonyl (C=O) groups is 1. The molecule has 2 aromatic rings. The molecule has 0 atom stereocenters. The number of anilines is 1. The Bertz CT molecular complexity index is 907. The molecule has 0 bridgehead atoms. The van der Waals surface area contributed by atoms with Crippen LogP contribution < -0.4 is 10.2 Å². The number of halogens is 1. The largest absolute Gasteiger partial charge is 0.325 e. The predicted molar refractivity (Wildman–Crippen MR) is 105 cm³/mol. The Morgan fingerprint density at radius 1 is 1.07 bits per heavy atom. The van der Waals surface area contributed by atoms with Crippen molar-refractivity contribution in [3.05, 3.63) is 59.9 Å². The van der Waals surface area contributed by atoms with Crippen LogP contribution in [0, 0.1) is 5.82 Å². The smallest absolute Gasteiger partial charge is 0.279 e. The molecule has 0 saturated carbocycles. The van der Waals surface area contributed by atoms with Gasteiger partial charge < -0.3 is 10.2 Å². The summed E-state index contributed by atoms with van der Waals surface area (Å²) in [5, 5.41) is 2.89. The molecule has 1 fully saturated rings. The minimum Gasteiger partial charge on any atom is -0.325 e. The SMILES string of the molecule is CCc1ccc(NC(=O)C[NH+]2CCN(S(=O)(=O)c3ccc(F)cc3)CC2)cc1. The molecule has 0 radical (unpaired) electrons. The third kappa shape index (κ3) is 4.95. The fourth-order valence-electron chi connectivity index (χ4n) is 3.23. The number of nitrogens with one attached hydrogen (secondary N) is 2. The number of amides is 1. The summed E-state index contributed by atoms with van der Waals surface area (Å²) in [6.45, 7) is 4.11. The van der Waals surface area contributed by atoms with Gasteiger partial charge in [-0.15, -0.1) is 0 Å². The lowest BCUT2D eigenvalue weighted by molar-refractivity contribution is -0.895. The second-order valence-corrected chi connectivity index (χ2v) is 8.82. The molecule has 1 saturated heterocycles. The minimum atomic E-state index is -3.63. The Morgan fingerprint density at radius 2 is 1.68 bits per heavy atom. The monoisotopic (exact) mass is 406 g/mol. The fraction of sp³-hybridized carbons (Fsp3) is 0.350. The van der Waals surface area contributed by atoms with E-state index in [0.717, 1.165) is 29.1 Å². The third-order valence-electron chi connectivity index (χ3n) is 4.94. The number of nitrogens with zero attached hydrogens (tertiary/aromatic N) is 1. The van der Waals surface area contributed by atoms with Crippen LogP contribution in [0.1, 0.15) is 12.5 Å². The van der Waals surface area contributed by atoms with Crippen molar-refractivity contribution >= 4 is 21.6 Å². The minimum absolute atomic E-state index is 0.0885. The molecule has 28 heavy (non-hydrogen) atoms. The summed E-state index contributed by atoms with van der Waals surface area (Å²) in [6, 6.07) is 12.6. The third-order valence-corrected chi connectivity index (χ3v) is 6.85. The van der Waals surface area contributed by atoms with Crippen LogP contribution in [-0.4, -0.2) is 51.4 Å². The molecule has 1 aliphatic heterocycles. The second-order valence-electron chi connectivity index (χ2n) is 6.88. The standard InChI is InChI=1S/C20H24FN3O3S/c1-2-16-3-7-18(8-4-16)22-20(25)15-23-11-13-24(14-12-23)28(26,27)19-9-5-17(21)6-10-19/h3-10H,2,11-15H2,1H3,(H,22,25)/p+1. The van der Waals surface area contributed by atoms with E-state index in [1.807, 2.05) is 24.3 Å². The van der Waals surface area contributed by atoms with E-state index in [9.17, 15) is 17.6 Å². The first-order valence-corrected chi connectivity index (χ1v) is 10.8. The van der Waals surface area contributed by atoms with E-state index < -0.39 is 15.8 Å².